The summed E-state index contributed by atoms with van der Waals surface area (Å²) < 4.78 is 55.5. The number of hydrogen-bond donors (Lipinski definition) is 0. The van der Waals surface area contributed by atoms with E-state index in [1.807, 2.05) is 0 Å². The Kier molecular flexibility index (Phi) is 1.00. The summed E-state index contributed by atoms with van der Waals surface area (Å²) in [5, 5.41) is 7.09. The van der Waals surface area contributed by atoms with Gasteiger partial charge in [-0.15, -0.1) is 5.26 Å². The summed E-state index contributed by atoms with van der Waals surface area (Å²) in [6.45, 7) is 0. The second kappa shape index (κ2) is 1.09. The standard InChI is InChI=1S/CF5NOS/c2-9(3,4,5,6)8-1-7. The first kappa shape index (κ1) is 8.29. The van der Waals surface area contributed by atoms with Crippen molar-refractivity contribution in [1.29, 1.82) is 5.26 Å². The van der Waals surface area contributed by atoms with Crippen molar-refractivity contribution < 1.29 is 23.6 Å². The van der Waals surface area contributed by atoms with Gasteiger partial charge in [-0.05, 0) is 0 Å². The normalized spacial score (nSPS) is 19.1. The zero-order chi connectivity index (χ0) is 7.82. The molecule has 9 heavy (non-hydrogen) atoms. The predicted octanol–water partition coefficient (Wildman–Crippen LogP) is 2.70. The van der Waals surface area contributed by atoms with Gasteiger partial charge in [0.2, 0.25) is 0 Å². The van der Waals surface area contributed by atoms with E-state index in [-0.39, 0.29) is 6.26 Å². The van der Waals surface area contributed by atoms with Crippen molar-refractivity contribution in [3.63, 3.8) is 0 Å². The molecule has 8 heteroatoms. The molecule has 0 heterocycles. The van der Waals surface area contributed by atoms with Crippen molar-refractivity contribution in [2.75, 3.05) is 0 Å². The zero-order valence-electron chi connectivity index (χ0n) is 3.65. The first-order chi connectivity index (χ1) is 3.54. The maximum Gasteiger partial charge on any atom is 0.445 e. The lowest BCUT2D eigenvalue weighted by molar-refractivity contribution is 0.224. The molecule has 0 N–H and O–H groups in total. The summed E-state index contributed by atoms with van der Waals surface area (Å²) in [6, 6.07) is 0. The van der Waals surface area contributed by atoms with E-state index in [0.717, 1.165) is 0 Å². The van der Waals surface area contributed by atoms with Gasteiger partial charge in [-0.25, -0.2) is 0 Å². The molecule has 0 bridgehead atoms. The average Bonchev–Trinajstić information content (AvgIpc) is 1.22. The molecule has 0 rings (SSSR count). The van der Waals surface area contributed by atoms with Crippen LogP contribution in [0.5, 0.6) is 0 Å². The van der Waals surface area contributed by atoms with Crippen LogP contribution < -0.4 is 0 Å². The molecule has 0 spiro atoms. The lowest BCUT2D eigenvalue weighted by Gasteiger charge is -2.34. The molecule has 0 saturated heterocycles. The van der Waals surface area contributed by atoms with Gasteiger partial charge in [0.15, 0.2) is 0 Å². The van der Waals surface area contributed by atoms with Crippen molar-refractivity contribution >= 4 is 10.5 Å². The third kappa shape index (κ3) is 7.29. The number of rotatable bonds is 1. The minimum absolute atomic E-state index is 0.134. The zero-order valence-corrected chi connectivity index (χ0v) is 4.47. The van der Waals surface area contributed by atoms with Crippen LogP contribution in [0.1, 0.15) is 0 Å². The highest BCUT2D eigenvalue weighted by Crippen LogP contribution is 2.98. The molecule has 0 aromatic rings. The summed E-state index contributed by atoms with van der Waals surface area (Å²) in [4.78, 5) is 0. The monoisotopic (exact) mass is 169 g/mol. The molecular formula is CF5NOS. The molecule has 0 unspecified atom stereocenters. The molecule has 0 aromatic heterocycles. The van der Waals surface area contributed by atoms with E-state index >= 15 is 0 Å². The number of halogens is 5. The van der Waals surface area contributed by atoms with Gasteiger partial charge in [0.05, 0.1) is 0 Å². The summed E-state index contributed by atoms with van der Waals surface area (Å²) in [6.07, 6.45) is -0.134. The van der Waals surface area contributed by atoms with E-state index in [0.29, 0.717) is 0 Å². The Morgan fingerprint density at radius 2 is 1.44 bits per heavy atom. The van der Waals surface area contributed by atoms with Crippen LogP contribution in [0.2, 0.25) is 0 Å². The van der Waals surface area contributed by atoms with Crippen molar-refractivity contribution in [3.05, 3.63) is 0 Å². The fourth-order valence-electron chi connectivity index (χ4n) is 0.0704. The maximum atomic E-state index is 10.8. The van der Waals surface area contributed by atoms with Gasteiger partial charge in [0.1, 0.15) is 0 Å². The average molecular weight is 169 g/mol. The van der Waals surface area contributed by atoms with E-state index in [4.69, 9.17) is 5.26 Å². The van der Waals surface area contributed by atoms with Gasteiger partial charge < -0.3 is 0 Å². The van der Waals surface area contributed by atoms with E-state index < -0.39 is 10.5 Å². The second-order valence-corrected chi connectivity index (χ2v) is 3.04. The quantitative estimate of drug-likeness (QED) is 0.446. The second-order valence-electron chi connectivity index (χ2n) is 1.07. The molecule has 0 fully saturated rings. The smallest absolute Gasteiger partial charge is 0.273 e. The Bertz CT molecular complexity index is 159. The first-order valence-corrected chi connectivity index (χ1v) is 3.24. The minimum Gasteiger partial charge on any atom is -0.273 e. The van der Waals surface area contributed by atoms with Crippen LogP contribution in [-0.4, -0.2) is 0 Å². The molecule has 0 saturated carbocycles. The fraction of sp³-hybridized carbons (Fsp3) is 0. The van der Waals surface area contributed by atoms with E-state index in [2.05, 4.69) is 0 Å². The molecule has 0 atom stereocenters. The molecule has 0 aliphatic rings. The lowest BCUT2D eigenvalue weighted by Crippen LogP contribution is -2.05. The number of nitrogens with zero attached hydrogens (tertiary/aromatic N) is 1. The van der Waals surface area contributed by atoms with Crippen LogP contribution in [0.25, 0.3) is 0 Å². The van der Waals surface area contributed by atoms with E-state index in [1.54, 1.807) is 4.18 Å². The Hall–Kier alpha value is -0.710. The highest BCUT2D eigenvalue weighted by Gasteiger charge is 2.67. The predicted molar refractivity (Wildman–Crippen MR) is 19.8 cm³/mol. The third-order valence-corrected chi connectivity index (χ3v) is 0.584. The largest absolute Gasteiger partial charge is 0.445 e. The van der Waals surface area contributed by atoms with Gasteiger partial charge in [0, 0.05) is 0 Å². The highest BCUT2D eigenvalue weighted by molar-refractivity contribution is 8.42. The van der Waals surface area contributed by atoms with Crippen molar-refractivity contribution in [2.24, 2.45) is 0 Å². The molecule has 0 amide bonds. The van der Waals surface area contributed by atoms with Crippen LogP contribution >= 0.6 is 10.5 Å². The molecule has 0 radical (unpaired) electrons. The lowest BCUT2D eigenvalue weighted by atomic mass is 11.6. The van der Waals surface area contributed by atoms with Crippen LogP contribution in [0.4, 0.5) is 19.4 Å². The summed E-state index contributed by atoms with van der Waals surface area (Å²) in [5.41, 5.74) is 0. The van der Waals surface area contributed by atoms with Gasteiger partial charge in [-0.3, -0.25) is 4.18 Å². The Balaban J connectivity index is 4.59. The van der Waals surface area contributed by atoms with Crippen molar-refractivity contribution in [3.8, 4) is 6.26 Å². The Morgan fingerprint density at radius 1 is 1.11 bits per heavy atom. The third-order valence-electron chi connectivity index (χ3n) is 0.195. The summed E-state index contributed by atoms with van der Waals surface area (Å²) in [7, 11) is -9.89. The number of hydrogen-bond acceptors (Lipinski definition) is 2. The van der Waals surface area contributed by atoms with Crippen LogP contribution in [0, 0.1) is 11.5 Å². The first-order valence-electron chi connectivity index (χ1n) is 1.37. The molecule has 0 aliphatic carbocycles. The maximum absolute atomic E-state index is 10.8. The Morgan fingerprint density at radius 3 is 1.44 bits per heavy atom. The van der Waals surface area contributed by atoms with Crippen molar-refractivity contribution in [1.82, 2.24) is 0 Å². The molecule has 0 aromatic carbocycles. The van der Waals surface area contributed by atoms with Gasteiger partial charge in [-0.2, -0.15) is 0 Å². The SMILES string of the molecule is N#COS(F)(F)(F)(F)F. The van der Waals surface area contributed by atoms with E-state index in [9.17, 15) is 19.4 Å². The van der Waals surface area contributed by atoms with Crippen LogP contribution in [-0.2, 0) is 4.18 Å². The minimum atomic E-state index is -9.89. The van der Waals surface area contributed by atoms with Crippen LogP contribution in [0.3, 0.4) is 0 Å². The van der Waals surface area contributed by atoms with Gasteiger partial charge >= 0.3 is 16.8 Å². The highest BCUT2D eigenvalue weighted by atomic mass is 32.5. The van der Waals surface area contributed by atoms with Crippen molar-refractivity contribution in [2.45, 2.75) is 0 Å². The summed E-state index contributed by atoms with van der Waals surface area (Å²) >= 11 is 0. The van der Waals surface area contributed by atoms with Gasteiger partial charge in [0.25, 0.3) is 0 Å². The topological polar surface area (TPSA) is 33.0 Å². The molecule has 0 aliphatic heterocycles. The molecule has 2 nitrogen and oxygen atoms in total. The fourth-order valence-corrected chi connectivity index (χ4v) is 0.211. The summed E-state index contributed by atoms with van der Waals surface area (Å²) in [5.74, 6) is 0. The Labute approximate surface area is 46.8 Å². The number of nitriles is 1. The molecular weight excluding hydrogens is 169 g/mol. The van der Waals surface area contributed by atoms with Gasteiger partial charge in [-0.1, -0.05) is 19.4 Å². The molecule has 56 valence electrons. The van der Waals surface area contributed by atoms with Crippen LogP contribution in [0.15, 0.2) is 0 Å². The van der Waals surface area contributed by atoms with E-state index in [1.165, 1.54) is 0 Å².